The third-order valence-electron chi connectivity index (χ3n) is 4.34. The van der Waals surface area contributed by atoms with Crippen LogP contribution in [0.4, 0.5) is 5.69 Å². The Hall–Kier alpha value is -1.51. The van der Waals surface area contributed by atoms with E-state index in [9.17, 15) is 4.79 Å². The van der Waals surface area contributed by atoms with Crippen molar-refractivity contribution in [2.45, 2.75) is 39.2 Å². The first kappa shape index (κ1) is 13.9. The molecule has 0 saturated heterocycles. The number of rotatable bonds is 3. The van der Waals surface area contributed by atoms with Crippen molar-refractivity contribution in [1.82, 2.24) is 5.32 Å². The molecule has 2 N–H and O–H groups in total. The number of nitrogens with one attached hydrogen (secondary N) is 2. The Kier molecular flexibility index (Phi) is 4.46. The summed E-state index contributed by atoms with van der Waals surface area (Å²) in [6.45, 7) is 4.69. The maximum absolute atomic E-state index is 11.5. The molecule has 0 radical (unpaired) electrons. The van der Waals surface area contributed by atoms with Gasteiger partial charge in [-0.2, -0.15) is 0 Å². The first-order chi connectivity index (χ1) is 9.10. The molecule has 1 aliphatic carbocycles. The normalized spacial score (nSPS) is 26.8. The molecule has 0 aliphatic heterocycles. The molecular formula is C16H24N2O. The van der Waals surface area contributed by atoms with Crippen molar-refractivity contribution in [2.75, 3.05) is 12.4 Å². The Balaban J connectivity index is 1.94. The molecule has 2 rings (SSSR count). The average molecular weight is 260 g/mol. The van der Waals surface area contributed by atoms with Crippen LogP contribution in [-0.2, 0) is 0 Å². The van der Waals surface area contributed by atoms with Crippen molar-refractivity contribution in [3.63, 3.8) is 0 Å². The minimum Gasteiger partial charge on any atom is -0.382 e. The standard InChI is InChI=1S/C16H24N2O/c1-11-4-7-15(10-12(11)2)18-14-8-5-13(6-9-14)16(19)17-3/h5-6,8-9,11-12,15,18H,4,7,10H2,1-3H3,(H,17,19). The zero-order chi connectivity index (χ0) is 13.8. The molecule has 104 valence electrons. The highest BCUT2D eigenvalue weighted by Gasteiger charge is 2.24. The fourth-order valence-corrected chi connectivity index (χ4v) is 2.78. The second kappa shape index (κ2) is 6.09. The lowest BCUT2D eigenvalue weighted by Crippen LogP contribution is -2.30. The van der Waals surface area contributed by atoms with Gasteiger partial charge in [0.2, 0.25) is 0 Å². The molecular weight excluding hydrogens is 236 g/mol. The zero-order valence-corrected chi connectivity index (χ0v) is 12.1. The van der Waals surface area contributed by atoms with Gasteiger partial charge in [0.1, 0.15) is 0 Å². The highest BCUT2D eigenvalue weighted by molar-refractivity contribution is 5.94. The van der Waals surface area contributed by atoms with E-state index < -0.39 is 0 Å². The van der Waals surface area contributed by atoms with Gasteiger partial charge < -0.3 is 10.6 Å². The van der Waals surface area contributed by atoms with Crippen molar-refractivity contribution >= 4 is 11.6 Å². The molecule has 0 aromatic heterocycles. The second-order valence-corrected chi connectivity index (χ2v) is 5.77. The molecule has 3 unspecified atom stereocenters. The Morgan fingerprint density at radius 3 is 2.37 bits per heavy atom. The number of carbonyl (C=O) groups excluding carboxylic acids is 1. The van der Waals surface area contributed by atoms with Crippen LogP contribution in [-0.4, -0.2) is 19.0 Å². The molecule has 3 atom stereocenters. The van der Waals surface area contributed by atoms with Gasteiger partial charge in [0, 0.05) is 24.3 Å². The van der Waals surface area contributed by atoms with Crippen molar-refractivity contribution in [3.05, 3.63) is 29.8 Å². The molecule has 1 amide bonds. The Labute approximate surface area is 115 Å². The number of amides is 1. The lowest BCUT2D eigenvalue weighted by Gasteiger charge is -2.33. The van der Waals surface area contributed by atoms with Gasteiger partial charge in [-0.05, 0) is 55.4 Å². The SMILES string of the molecule is CNC(=O)c1ccc(NC2CCC(C)C(C)C2)cc1. The third kappa shape index (κ3) is 3.49. The number of benzene rings is 1. The molecule has 1 saturated carbocycles. The first-order valence-corrected chi connectivity index (χ1v) is 7.19. The van der Waals surface area contributed by atoms with E-state index in [2.05, 4.69) is 24.5 Å². The smallest absolute Gasteiger partial charge is 0.251 e. The molecule has 1 fully saturated rings. The van der Waals surface area contributed by atoms with Gasteiger partial charge in [-0.15, -0.1) is 0 Å². The van der Waals surface area contributed by atoms with Gasteiger partial charge in [-0.3, -0.25) is 4.79 Å². The summed E-state index contributed by atoms with van der Waals surface area (Å²) in [7, 11) is 1.65. The summed E-state index contributed by atoms with van der Waals surface area (Å²) < 4.78 is 0. The van der Waals surface area contributed by atoms with Crippen LogP contribution >= 0.6 is 0 Å². The summed E-state index contributed by atoms with van der Waals surface area (Å²) in [6.07, 6.45) is 3.77. The molecule has 0 bridgehead atoms. The Bertz CT molecular complexity index is 427. The van der Waals surface area contributed by atoms with Crippen molar-refractivity contribution in [1.29, 1.82) is 0 Å². The topological polar surface area (TPSA) is 41.1 Å². The van der Waals surface area contributed by atoms with E-state index in [1.807, 2.05) is 24.3 Å². The molecule has 3 heteroatoms. The van der Waals surface area contributed by atoms with Crippen LogP contribution in [0, 0.1) is 11.8 Å². The quantitative estimate of drug-likeness (QED) is 0.875. The maximum Gasteiger partial charge on any atom is 0.251 e. The third-order valence-corrected chi connectivity index (χ3v) is 4.34. The average Bonchev–Trinajstić information content (AvgIpc) is 2.43. The van der Waals surface area contributed by atoms with Crippen molar-refractivity contribution in [2.24, 2.45) is 11.8 Å². The minimum atomic E-state index is -0.0355. The predicted octanol–water partition coefficient (Wildman–Crippen LogP) is 3.28. The highest BCUT2D eigenvalue weighted by Crippen LogP contribution is 2.31. The largest absolute Gasteiger partial charge is 0.382 e. The van der Waals surface area contributed by atoms with Gasteiger partial charge in [0.25, 0.3) is 5.91 Å². The molecule has 0 spiro atoms. The van der Waals surface area contributed by atoms with Crippen LogP contribution in [0.25, 0.3) is 0 Å². The van der Waals surface area contributed by atoms with Gasteiger partial charge in [0.05, 0.1) is 0 Å². The number of hydrogen-bond acceptors (Lipinski definition) is 2. The van der Waals surface area contributed by atoms with Crippen LogP contribution in [0.5, 0.6) is 0 Å². The van der Waals surface area contributed by atoms with Crippen molar-refractivity contribution < 1.29 is 4.79 Å². The monoisotopic (exact) mass is 260 g/mol. The van der Waals surface area contributed by atoms with Crippen molar-refractivity contribution in [3.8, 4) is 0 Å². The van der Waals surface area contributed by atoms with E-state index >= 15 is 0 Å². The van der Waals surface area contributed by atoms with Crippen LogP contribution in [0.2, 0.25) is 0 Å². The van der Waals surface area contributed by atoms with E-state index in [4.69, 9.17) is 0 Å². The summed E-state index contributed by atoms with van der Waals surface area (Å²) in [5, 5.41) is 6.22. The predicted molar refractivity (Wildman–Crippen MR) is 79.4 cm³/mol. The molecule has 1 aromatic carbocycles. The lowest BCUT2D eigenvalue weighted by molar-refractivity contribution is 0.0963. The van der Waals surface area contributed by atoms with E-state index in [1.165, 1.54) is 19.3 Å². The van der Waals surface area contributed by atoms with E-state index in [0.717, 1.165) is 17.5 Å². The fourth-order valence-electron chi connectivity index (χ4n) is 2.78. The lowest BCUT2D eigenvalue weighted by atomic mass is 9.79. The van der Waals surface area contributed by atoms with Crippen LogP contribution in [0.15, 0.2) is 24.3 Å². The summed E-state index contributed by atoms with van der Waals surface area (Å²) in [5.74, 6) is 1.59. The molecule has 1 aromatic rings. The van der Waals surface area contributed by atoms with E-state index in [-0.39, 0.29) is 5.91 Å². The van der Waals surface area contributed by atoms with Crippen LogP contribution in [0.3, 0.4) is 0 Å². The van der Waals surface area contributed by atoms with Crippen LogP contribution < -0.4 is 10.6 Å². The Morgan fingerprint density at radius 1 is 1.11 bits per heavy atom. The summed E-state index contributed by atoms with van der Waals surface area (Å²) in [4.78, 5) is 11.5. The number of anilines is 1. The fraction of sp³-hybridized carbons (Fsp3) is 0.562. The van der Waals surface area contributed by atoms with E-state index in [1.54, 1.807) is 7.05 Å². The maximum atomic E-state index is 11.5. The molecule has 0 heterocycles. The van der Waals surface area contributed by atoms with E-state index in [0.29, 0.717) is 11.6 Å². The molecule has 1 aliphatic rings. The minimum absolute atomic E-state index is 0.0355. The van der Waals surface area contributed by atoms with Crippen LogP contribution in [0.1, 0.15) is 43.5 Å². The summed E-state index contributed by atoms with van der Waals surface area (Å²) in [5.41, 5.74) is 1.82. The summed E-state index contributed by atoms with van der Waals surface area (Å²) in [6, 6.07) is 8.30. The zero-order valence-electron chi connectivity index (χ0n) is 12.1. The Morgan fingerprint density at radius 2 is 1.79 bits per heavy atom. The van der Waals surface area contributed by atoms with Gasteiger partial charge in [-0.25, -0.2) is 0 Å². The number of hydrogen-bond donors (Lipinski definition) is 2. The van der Waals surface area contributed by atoms with Gasteiger partial charge in [-0.1, -0.05) is 13.8 Å². The van der Waals surface area contributed by atoms with Gasteiger partial charge in [0.15, 0.2) is 0 Å². The number of carbonyl (C=O) groups is 1. The summed E-state index contributed by atoms with van der Waals surface area (Å²) >= 11 is 0. The highest BCUT2D eigenvalue weighted by atomic mass is 16.1. The molecule has 3 nitrogen and oxygen atoms in total. The molecule has 19 heavy (non-hydrogen) atoms. The van der Waals surface area contributed by atoms with Gasteiger partial charge >= 0.3 is 0 Å². The first-order valence-electron chi connectivity index (χ1n) is 7.19. The second-order valence-electron chi connectivity index (χ2n) is 5.77.